The van der Waals surface area contributed by atoms with Crippen molar-refractivity contribution in [1.29, 1.82) is 0 Å². The summed E-state index contributed by atoms with van der Waals surface area (Å²) in [5.41, 5.74) is 5.16. The minimum Gasteiger partial charge on any atom is -0.755 e. The first kappa shape index (κ1) is 11.0. The Balaban J connectivity index is 3.14. The van der Waals surface area contributed by atoms with E-state index in [1.54, 1.807) is 0 Å². The number of nitrogens with two attached hydrogens (primary N) is 1. The fourth-order valence-corrected chi connectivity index (χ4v) is 1.43. The molecule has 0 aliphatic heterocycles. The summed E-state index contributed by atoms with van der Waals surface area (Å²) in [5.74, 6) is -0.750. The quantitative estimate of drug-likeness (QED) is 0.750. The number of primary amides is 1. The van der Waals surface area contributed by atoms with Gasteiger partial charge in [0.05, 0.1) is 11.3 Å². The molecule has 1 amide bonds. The van der Waals surface area contributed by atoms with E-state index in [1.807, 2.05) is 4.72 Å². The number of hydrogen-bond donors (Lipinski definition) is 2. The van der Waals surface area contributed by atoms with Crippen molar-refractivity contribution in [2.24, 2.45) is 5.73 Å². The molecule has 1 rings (SSSR count). The number of benzene rings is 1. The normalized spacial score (nSPS) is 12.1. The lowest BCUT2D eigenvalue weighted by Gasteiger charge is -2.11. The zero-order valence-electron chi connectivity index (χ0n) is 6.82. The minimum absolute atomic E-state index is 0.0294. The monoisotopic (exact) mass is 233 g/mol. The second kappa shape index (κ2) is 4.41. The molecule has 7 heteroatoms. The van der Waals surface area contributed by atoms with Crippen LogP contribution in [0.4, 0.5) is 5.69 Å². The Kier molecular flexibility index (Phi) is 3.45. The standard InChI is InChI=1S/C7H7ClN2O3S/c8-4-1-2-6(10-14(12)13)5(3-4)7(9)11/h1-3,10H,(H2,9,11)(H,12,13)/p-1. The average Bonchev–Trinajstić information content (AvgIpc) is 2.07. The highest BCUT2D eigenvalue weighted by Crippen LogP contribution is 2.20. The predicted molar refractivity (Wildman–Crippen MR) is 52.5 cm³/mol. The van der Waals surface area contributed by atoms with Crippen LogP contribution in [0.1, 0.15) is 10.4 Å². The molecule has 0 heterocycles. The predicted octanol–water partition coefficient (Wildman–Crippen LogP) is 0.645. The highest BCUT2D eigenvalue weighted by atomic mass is 35.5. The van der Waals surface area contributed by atoms with Crippen LogP contribution in [-0.2, 0) is 11.3 Å². The molecule has 1 aromatic rings. The summed E-state index contributed by atoms with van der Waals surface area (Å²) in [7, 11) is 0. The molecule has 0 bridgehead atoms. The van der Waals surface area contributed by atoms with Crippen molar-refractivity contribution >= 4 is 34.5 Å². The van der Waals surface area contributed by atoms with Crippen LogP contribution in [0.3, 0.4) is 0 Å². The van der Waals surface area contributed by atoms with Gasteiger partial charge in [-0.25, -0.2) is 0 Å². The molecule has 76 valence electrons. The van der Waals surface area contributed by atoms with E-state index >= 15 is 0 Å². The van der Waals surface area contributed by atoms with E-state index in [-0.39, 0.29) is 11.3 Å². The van der Waals surface area contributed by atoms with E-state index in [1.165, 1.54) is 18.2 Å². The zero-order valence-corrected chi connectivity index (χ0v) is 8.39. The molecule has 0 radical (unpaired) electrons. The smallest absolute Gasteiger partial charge is 0.250 e. The lowest BCUT2D eigenvalue weighted by molar-refractivity contribution is 0.100. The molecular formula is C7H6ClN2O3S-. The van der Waals surface area contributed by atoms with Crippen LogP contribution in [0.5, 0.6) is 0 Å². The summed E-state index contributed by atoms with van der Waals surface area (Å²) >= 11 is 3.11. The van der Waals surface area contributed by atoms with Gasteiger partial charge in [-0.1, -0.05) is 11.6 Å². The minimum atomic E-state index is -2.50. The Labute approximate surface area is 87.7 Å². The molecule has 3 N–H and O–H groups in total. The van der Waals surface area contributed by atoms with E-state index in [2.05, 4.69) is 0 Å². The van der Waals surface area contributed by atoms with Crippen molar-refractivity contribution in [3.8, 4) is 0 Å². The number of halogens is 1. The number of amides is 1. The fraction of sp³-hybridized carbons (Fsp3) is 0. The van der Waals surface area contributed by atoms with Gasteiger partial charge in [0.25, 0.3) is 5.91 Å². The molecule has 0 saturated heterocycles. The van der Waals surface area contributed by atoms with Gasteiger partial charge in [-0.3, -0.25) is 9.00 Å². The number of hydrogen-bond acceptors (Lipinski definition) is 3. The highest BCUT2D eigenvalue weighted by molar-refractivity contribution is 7.80. The summed E-state index contributed by atoms with van der Waals surface area (Å²) in [4.78, 5) is 10.9. The van der Waals surface area contributed by atoms with E-state index in [0.29, 0.717) is 5.02 Å². The molecular weight excluding hydrogens is 228 g/mol. The van der Waals surface area contributed by atoms with Gasteiger partial charge < -0.3 is 15.0 Å². The van der Waals surface area contributed by atoms with Crippen molar-refractivity contribution in [3.63, 3.8) is 0 Å². The van der Waals surface area contributed by atoms with E-state index in [0.717, 1.165) is 0 Å². The first-order valence-electron chi connectivity index (χ1n) is 3.46. The first-order valence-corrected chi connectivity index (χ1v) is 4.91. The van der Waals surface area contributed by atoms with Crippen LogP contribution in [0.15, 0.2) is 18.2 Å². The number of carbonyl (C=O) groups is 1. The Morgan fingerprint density at radius 3 is 2.71 bits per heavy atom. The van der Waals surface area contributed by atoms with Crippen LogP contribution in [0, 0.1) is 0 Å². The molecule has 14 heavy (non-hydrogen) atoms. The third-order valence-corrected chi connectivity index (χ3v) is 2.06. The number of rotatable bonds is 3. The summed E-state index contributed by atoms with van der Waals surface area (Å²) in [6.07, 6.45) is 0. The van der Waals surface area contributed by atoms with Crippen molar-refractivity contribution in [2.75, 3.05) is 4.72 Å². The maximum atomic E-state index is 10.9. The third kappa shape index (κ3) is 2.69. The Morgan fingerprint density at radius 2 is 2.21 bits per heavy atom. The van der Waals surface area contributed by atoms with E-state index < -0.39 is 17.2 Å². The lowest BCUT2D eigenvalue weighted by atomic mass is 10.2. The molecule has 1 unspecified atom stereocenters. The maximum Gasteiger partial charge on any atom is 0.250 e. The number of anilines is 1. The van der Waals surface area contributed by atoms with Crippen LogP contribution in [0.2, 0.25) is 5.02 Å². The molecule has 0 aliphatic carbocycles. The SMILES string of the molecule is NC(=O)c1cc(Cl)ccc1NS(=O)[O-]. The Hall–Kier alpha value is -1.11. The van der Waals surface area contributed by atoms with Gasteiger partial charge in [-0.2, -0.15) is 0 Å². The number of nitrogens with one attached hydrogen (secondary N) is 1. The molecule has 0 aliphatic rings. The molecule has 0 spiro atoms. The number of carbonyl (C=O) groups excluding carboxylic acids is 1. The zero-order chi connectivity index (χ0) is 10.7. The summed E-state index contributed by atoms with van der Waals surface area (Å²) in [6.45, 7) is 0. The van der Waals surface area contributed by atoms with Gasteiger partial charge >= 0.3 is 0 Å². The van der Waals surface area contributed by atoms with Gasteiger partial charge in [-0.05, 0) is 18.2 Å². The van der Waals surface area contributed by atoms with Crippen molar-refractivity contribution < 1.29 is 13.6 Å². The molecule has 0 aromatic heterocycles. The molecule has 0 saturated carbocycles. The van der Waals surface area contributed by atoms with Crippen LogP contribution < -0.4 is 10.5 Å². The lowest BCUT2D eigenvalue weighted by Crippen LogP contribution is -2.15. The van der Waals surface area contributed by atoms with Crippen molar-refractivity contribution in [3.05, 3.63) is 28.8 Å². The largest absolute Gasteiger partial charge is 0.755 e. The van der Waals surface area contributed by atoms with Gasteiger partial charge in [0, 0.05) is 16.3 Å². The molecule has 1 aromatic carbocycles. The first-order chi connectivity index (χ1) is 6.50. The van der Waals surface area contributed by atoms with Gasteiger partial charge in [0.15, 0.2) is 0 Å². The average molecular weight is 234 g/mol. The van der Waals surface area contributed by atoms with E-state index in [4.69, 9.17) is 17.3 Å². The fourth-order valence-electron chi connectivity index (χ4n) is 0.899. The molecule has 5 nitrogen and oxygen atoms in total. The van der Waals surface area contributed by atoms with Gasteiger partial charge in [0.1, 0.15) is 0 Å². The second-order valence-corrected chi connectivity index (χ2v) is 3.50. The maximum absolute atomic E-state index is 10.9. The van der Waals surface area contributed by atoms with Crippen LogP contribution in [0.25, 0.3) is 0 Å². The van der Waals surface area contributed by atoms with Crippen molar-refractivity contribution in [2.45, 2.75) is 0 Å². The molecule has 0 fully saturated rings. The van der Waals surface area contributed by atoms with Crippen LogP contribution >= 0.6 is 11.6 Å². The highest BCUT2D eigenvalue weighted by Gasteiger charge is 2.08. The van der Waals surface area contributed by atoms with Gasteiger partial charge in [0.2, 0.25) is 0 Å². The van der Waals surface area contributed by atoms with Gasteiger partial charge in [-0.15, -0.1) is 0 Å². The summed E-state index contributed by atoms with van der Waals surface area (Å²) in [6, 6.07) is 4.10. The van der Waals surface area contributed by atoms with Crippen molar-refractivity contribution in [1.82, 2.24) is 0 Å². The Bertz CT molecular complexity index is 397. The van der Waals surface area contributed by atoms with E-state index in [9.17, 15) is 13.6 Å². The topological polar surface area (TPSA) is 95.2 Å². The second-order valence-electron chi connectivity index (χ2n) is 2.39. The summed E-state index contributed by atoms with van der Waals surface area (Å²) in [5, 5.41) is 0.307. The molecule has 1 atom stereocenters. The summed E-state index contributed by atoms with van der Waals surface area (Å²) < 4.78 is 22.7. The van der Waals surface area contributed by atoms with Crippen LogP contribution in [-0.4, -0.2) is 14.7 Å². The Morgan fingerprint density at radius 1 is 1.57 bits per heavy atom. The third-order valence-electron chi connectivity index (χ3n) is 1.44.